The average molecular weight is 255 g/mol. The minimum absolute atomic E-state index is 0.186. The Balaban J connectivity index is 2.10. The van der Waals surface area contributed by atoms with E-state index >= 15 is 0 Å². The molecule has 1 amide bonds. The molecule has 1 heterocycles. The highest BCUT2D eigenvalue weighted by atomic mass is 16.1. The molecule has 18 heavy (non-hydrogen) atoms. The van der Waals surface area contributed by atoms with E-state index in [1.54, 1.807) is 0 Å². The van der Waals surface area contributed by atoms with E-state index < -0.39 is 0 Å². The van der Waals surface area contributed by atoms with E-state index in [1.807, 2.05) is 0 Å². The summed E-state index contributed by atoms with van der Waals surface area (Å²) in [5, 5.41) is 3.09. The van der Waals surface area contributed by atoms with Crippen LogP contribution in [-0.4, -0.2) is 43.0 Å². The molecule has 0 saturated carbocycles. The third-order valence-electron chi connectivity index (χ3n) is 3.66. The maximum Gasteiger partial charge on any atom is 0.220 e. The van der Waals surface area contributed by atoms with E-state index in [2.05, 4.69) is 24.1 Å². The summed E-state index contributed by atoms with van der Waals surface area (Å²) in [6.45, 7) is 8.34. The largest absolute Gasteiger partial charge is 0.352 e. The zero-order chi connectivity index (χ0) is 13.4. The Kier molecular flexibility index (Phi) is 7.28. The fraction of sp³-hybridized carbons (Fsp3) is 0.929. The minimum atomic E-state index is 0.186. The molecule has 0 aromatic carbocycles. The summed E-state index contributed by atoms with van der Waals surface area (Å²) < 4.78 is 0. The second kappa shape index (κ2) is 8.48. The van der Waals surface area contributed by atoms with Gasteiger partial charge < -0.3 is 16.0 Å². The third-order valence-corrected chi connectivity index (χ3v) is 3.66. The monoisotopic (exact) mass is 255 g/mol. The van der Waals surface area contributed by atoms with Gasteiger partial charge in [-0.25, -0.2) is 0 Å². The number of hydrogen-bond acceptors (Lipinski definition) is 3. The molecule has 2 unspecified atom stereocenters. The van der Waals surface area contributed by atoms with Crippen molar-refractivity contribution in [1.82, 2.24) is 10.2 Å². The first-order valence-corrected chi connectivity index (χ1v) is 7.33. The van der Waals surface area contributed by atoms with Crippen LogP contribution in [0.15, 0.2) is 0 Å². The second-order valence-corrected chi connectivity index (χ2v) is 5.70. The number of rotatable bonds is 8. The van der Waals surface area contributed by atoms with E-state index in [4.69, 9.17) is 5.73 Å². The van der Waals surface area contributed by atoms with Crippen molar-refractivity contribution in [2.24, 2.45) is 11.7 Å². The Bertz CT molecular complexity index is 239. The minimum Gasteiger partial charge on any atom is -0.352 e. The van der Waals surface area contributed by atoms with E-state index in [0.717, 1.165) is 19.4 Å². The van der Waals surface area contributed by atoms with Crippen molar-refractivity contribution < 1.29 is 4.79 Å². The Morgan fingerprint density at radius 2 is 1.94 bits per heavy atom. The number of nitrogens with zero attached hydrogens (tertiary/aromatic N) is 1. The van der Waals surface area contributed by atoms with Crippen LogP contribution in [0, 0.1) is 5.92 Å². The maximum atomic E-state index is 11.8. The standard InChI is InChI=1S/C14H29N3O/c1-12(7-8-15)5-6-14(18)16-13(2)11-17-9-3-4-10-17/h12-13H,3-11,15H2,1-2H3,(H,16,18). The molecule has 1 saturated heterocycles. The Morgan fingerprint density at radius 3 is 2.56 bits per heavy atom. The highest BCUT2D eigenvalue weighted by Crippen LogP contribution is 2.10. The molecule has 4 nitrogen and oxygen atoms in total. The van der Waals surface area contributed by atoms with Gasteiger partial charge in [-0.1, -0.05) is 6.92 Å². The molecule has 3 N–H and O–H groups in total. The summed E-state index contributed by atoms with van der Waals surface area (Å²) in [7, 11) is 0. The molecule has 0 aromatic rings. The van der Waals surface area contributed by atoms with Crippen molar-refractivity contribution in [2.45, 2.75) is 52.0 Å². The average Bonchev–Trinajstić information content (AvgIpc) is 2.79. The number of likely N-dealkylation sites (tertiary alicyclic amines) is 1. The molecule has 1 rings (SSSR count). The highest BCUT2D eigenvalue weighted by molar-refractivity contribution is 5.76. The fourth-order valence-corrected chi connectivity index (χ4v) is 2.55. The van der Waals surface area contributed by atoms with Crippen LogP contribution < -0.4 is 11.1 Å². The summed E-state index contributed by atoms with van der Waals surface area (Å²) in [5.41, 5.74) is 5.50. The molecule has 1 aliphatic rings. The molecular weight excluding hydrogens is 226 g/mol. The molecule has 4 heteroatoms. The van der Waals surface area contributed by atoms with Crippen molar-refractivity contribution in [1.29, 1.82) is 0 Å². The van der Waals surface area contributed by atoms with Crippen LogP contribution >= 0.6 is 0 Å². The summed E-state index contributed by atoms with van der Waals surface area (Å²) in [4.78, 5) is 14.2. The van der Waals surface area contributed by atoms with E-state index in [9.17, 15) is 4.79 Å². The molecule has 0 aliphatic carbocycles. The van der Waals surface area contributed by atoms with Crippen LogP contribution in [0.3, 0.4) is 0 Å². The lowest BCUT2D eigenvalue weighted by atomic mass is 10.0. The number of amides is 1. The molecule has 1 aliphatic heterocycles. The lowest BCUT2D eigenvalue weighted by molar-refractivity contribution is -0.122. The van der Waals surface area contributed by atoms with Gasteiger partial charge in [0.05, 0.1) is 0 Å². The summed E-state index contributed by atoms with van der Waals surface area (Å²) >= 11 is 0. The Labute approximate surface area is 111 Å². The predicted octanol–water partition coefficient (Wildman–Crippen LogP) is 1.35. The summed E-state index contributed by atoms with van der Waals surface area (Å²) in [5.74, 6) is 0.736. The van der Waals surface area contributed by atoms with Crippen molar-refractivity contribution >= 4 is 5.91 Å². The number of carbonyl (C=O) groups is 1. The first-order chi connectivity index (χ1) is 8.61. The Hall–Kier alpha value is -0.610. The topological polar surface area (TPSA) is 58.4 Å². The molecule has 0 radical (unpaired) electrons. The van der Waals surface area contributed by atoms with Gasteiger partial charge in [0.25, 0.3) is 0 Å². The van der Waals surface area contributed by atoms with Crippen molar-refractivity contribution in [3.8, 4) is 0 Å². The van der Waals surface area contributed by atoms with Crippen molar-refractivity contribution in [3.63, 3.8) is 0 Å². The molecule has 0 aromatic heterocycles. The highest BCUT2D eigenvalue weighted by Gasteiger charge is 2.16. The van der Waals surface area contributed by atoms with Crippen LogP contribution in [0.25, 0.3) is 0 Å². The van der Waals surface area contributed by atoms with Gasteiger partial charge in [-0.05, 0) is 58.2 Å². The van der Waals surface area contributed by atoms with Gasteiger partial charge in [0.1, 0.15) is 0 Å². The molecular formula is C14H29N3O. The van der Waals surface area contributed by atoms with Crippen molar-refractivity contribution in [3.05, 3.63) is 0 Å². The molecule has 1 fully saturated rings. The lowest BCUT2D eigenvalue weighted by Gasteiger charge is -2.21. The van der Waals surface area contributed by atoms with Crippen LogP contribution in [0.1, 0.15) is 46.0 Å². The zero-order valence-electron chi connectivity index (χ0n) is 12.0. The van der Waals surface area contributed by atoms with E-state index in [1.165, 1.54) is 25.9 Å². The van der Waals surface area contributed by atoms with E-state index in [0.29, 0.717) is 18.9 Å². The molecule has 0 spiro atoms. The molecule has 0 bridgehead atoms. The first kappa shape index (κ1) is 15.4. The normalized spacial score (nSPS) is 19.7. The third kappa shape index (κ3) is 6.36. The SMILES string of the molecule is CC(CCN)CCC(=O)NC(C)CN1CCCC1. The van der Waals surface area contributed by atoms with Gasteiger partial charge in [0, 0.05) is 19.0 Å². The fourth-order valence-electron chi connectivity index (χ4n) is 2.55. The van der Waals surface area contributed by atoms with Crippen LogP contribution in [0.2, 0.25) is 0 Å². The summed E-state index contributed by atoms with van der Waals surface area (Å²) in [6, 6.07) is 0.264. The van der Waals surface area contributed by atoms with Gasteiger partial charge >= 0.3 is 0 Å². The predicted molar refractivity (Wildman–Crippen MR) is 75.3 cm³/mol. The van der Waals surface area contributed by atoms with Gasteiger partial charge in [-0.15, -0.1) is 0 Å². The second-order valence-electron chi connectivity index (χ2n) is 5.70. The molecule has 2 atom stereocenters. The van der Waals surface area contributed by atoms with Crippen LogP contribution in [0.5, 0.6) is 0 Å². The van der Waals surface area contributed by atoms with Gasteiger partial charge in [-0.2, -0.15) is 0 Å². The zero-order valence-corrected chi connectivity index (χ0v) is 12.0. The first-order valence-electron chi connectivity index (χ1n) is 7.33. The number of nitrogens with two attached hydrogens (primary N) is 1. The van der Waals surface area contributed by atoms with Crippen LogP contribution in [0.4, 0.5) is 0 Å². The quantitative estimate of drug-likeness (QED) is 0.688. The van der Waals surface area contributed by atoms with E-state index in [-0.39, 0.29) is 11.9 Å². The Morgan fingerprint density at radius 1 is 1.28 bits per heavy atom. The maximum absolute atomic E-state index is 11.8. The molecule has 106 valence electrons. The van der Waals surface area contributed by atoms with Crippen LogP contribution in [-0.2, 0) is 4.79 Å². The lowest BCUT2D eigenvalue weighted by Crippen LogP contribution is -2.41. The van der Waals surface area contributed by atoms with Crippen molar-refractivity contribution in [2.75, 3.05) is 26.2 Å². The smallest absolute Gasteiger partial charge is 0.220 e. The number of carbonyl (C=O) groups excluding carboxylic acids is 1. The number of hydrogen-bond donors (Lipinski definition) is 2. The van der Waals surface area contributed by atoms with Gasteiger partial charge in [0.15, 0.2) is 0 Å². The summed E-state index contributed by atoms with van der Waals surface area (Å²) in [6.07, 6.45) is 5.19. The number of nitrogens with one attached hydrogen (secondary N) is 1. The van der Waals surface area contributed by atoms with Gasteiger partial charge in [-0.3, -0.25) is 4.79 Å². The van der Waals surface area contributed by atoms with Gasteiger partial charge in [0.2, 0.25) is 5.91 Å².